The molecule has 0 spiro atoms. The van der Waals surface area contributed by atoms with E-state index in [1.165, 1.54) is 4.31 Å². The molecule has 0 aliphatic rings. The summed E-state index contributed by atoms with van der Waals surface area (Å²) in [6.45, 7) is 8.60. The summed E-state index contributed by atoms with van der Waals surface area (Å²) >= 11 is 0. The zero-order chi connectivity index (χ0) is 16.0. The van der Waals surface area contributed by atoms with Crippen molar-refractivity contribution in [3.63, 3.8) is 0 Å². The van der Waals surface area contributed by atoms with Crippen molar-refractivity contribution in [3.05, 3.63) is 29.8 Å². The zero-order valence-electron chi connectivity index (χ0n) is 13.1. The topological polar surface area (TPSA) is 63.4 Å². The maximum Gasteiger partial charge on any atom is 0.243 e. The fourth-order valence-corrected chi connectivity index (χ4v) is 3.75. The summed E-state index contributed by atoms with van der Waals surface area (Å²) in [4.78, 5) is 0.301. The molecular formula is C16H24N2O2S. The van der Waals surface area contributed by atoms with Crippen molar-refractivity contribution >= 4 is 10.0 Å². The van der Waals surface area contributed by atoms with Crippen molar-refractivity contribution in [2.75, 3.05) is 13.1 Å². The van der Waals surface area contributed by atoms with Gasteiger partial charge in [0.25, 0.3) is 0 Å². The van der Waals surface area contributed by atoms with Crippen molar-refractivity contribution in [1.82, 2.24) is 4.31 Å². The van der Waals surface area contributed by atoms with Crippen LogP contribution >= 0.6 is 0 Å². The van der Waals surface area contributed by atoms with E-state index in [9.17, 15) is 8.42 Å². The second-order valence-electron chi connectivity index (χ2n) is 5.59. The molecule has 0 radical (unpaired) electrons. The van der Waals surface area contributed by atoms with Crippen LogP contribution < -0.4 is 5.73 Å². The molecule has 0 unspecified atom stereocenters. The molecule has 5 heteroatoms. The molecule has 0 amide bonds. The number of hydrogen-bond acceptors (Lipinski definition) is 3. The average molecular weight is 308 g/mol. The minimum absolute atomic E-state index is 0.0749. The molecule has 21 heavy (non-hydrogen) atoms. The lowest BCUT2D eigenvalue weighted by atomic mass is 10.2. The molecule has 0 saturated carbocycles. The van der Waals surface area contributed by atoms with Gasteiger partial charge < -0.3 is 5.73 Å². The van der Waals surface area contributed by atoms with Crippen LogP contribution in [0.3, 0.4) is 0 Å². The predicted molar refractivity (Wildman–Crippen MR) is 86.2 cm³/mol. The van der Waals surface area contributed by atoms with E-state index >= 15 is 0 Å². The zero-order valence-corrected chi connectivity index (χ0v) is 13.9. The van der Waals surface area contributed by atoms with Gasteiger partial charge in [0, 0.05) is 18.2 Å². The number of rotatable bonds is 5. The highest BCUT2D eigenvalue weighted by atomic mass is 32.2. The van der Waals surface area contributed by atoms with Crippen molar-refractivity contribution in [3.8, 4) is 11.8 Å². The number of nitrogens with zero attached hydrogens (tertiary/aromatic N) is 1. The first kappa shape index (κ1) is 17.7. The minimum atomic E-state index is -3.47. The molecule has 0 heterocycles. The van der Waals surface area contributed by atoms with Crippen LogP contribution in [0.25, 0.3) is 0 Å². The van der Waals surface area contributed by atoms with Crippen LogP contribution in [0.5, 0.6) is 0 Å². The lowest BCUT2D eigenvalue weighted by Gasteiger charge is -2.27. The van der Waals surface area contributed by atoms with Gasteiger partial charge in [0.1, 0.15) is 0 Å². The van der Waals surface area contributed by atoms with Gasteiger partial charge in [0.15, 0.2) is 0 Å². The van der Waals surface area contributed by atoms with Gasteiger partial charge in [-0.1, -0.05) is 25.7 Å². The molecule has 0 fully saturated rings. The molecule has 0 aliphatic heterocycles. The Bertz CT molecular complexity index is 608. The molecule has 0 saturated heterocycles. The Hall–Kier alpha value is -1.35. The molecule has 0 bridgehead atoms. The van der Waals surface area contributed by atoms with Gasteiger partial charge in [0.2, 0.25) is 10.0 Å². The van der Waals surface area contributed by atoms with Gasteiger partial charge >= 0.3 is 0 Å². The first-order valence-corrected chi connectivity index (χ1v) is 8.54. The second kappa shape index (κ2) is 7.60. The maximum atomic E-state index is 12.7. The Morgan fingerprint density at radius 2 is 1.71 bits per heavy atom. The monoisotopic (exact) mass is 308 g/mol. The van der Waals surface area contributed by atoms with Crippen LogP contribution in [0.2, 0.25) is 0 Å². The number of nitrogens with two attached hydrogens (primary N) is 1. The van der Waals surface area contributed by atoms with Crippen molar-refractivity contribution < 1.29 is 8.42 Å². The smallest absolute Gasteiger partial charge is 0.243 e. The Kier molecular flexibility index (Phi) is 6.41. The average Bonchev–Trinajstić information content (AvgIpc) is 2.42. The predicted octanol–water partition coefficient (Wildman–Crippen LogP) is 2.05. The third-order valence-electron chi connectivity index (χ3n) is 2.92. The van der Waals surface area contributed by atoms with E-state index in [1.54, 1.807) is 24.3 Å². The summed E-state index contributed by atoms with van der Waals surface area (Å²) < 4.78 is 26.9. The molecule has 0 atom stereocenters. The third kappa shape index (κ3) is 4.85. The van der Waals surface area contributed by atoms with Crippen LogP contribution in [0.4, 0.5) is 0 Å². The van der Waals surface area contributed by atoms with Crippen molar-refractivity contribution in [2.45, 2.75) is 38.6 Å². The molecule has 1 aromatic carbocycles. The summed E-state index contributed by atoms with van der Waals surface area (Å²) in [5.74, 6) is 5.91. The fourth-order valence-electron chi connectivity index (χ4n) is 1.95. The molecular weight excluding hydrogens is 284 g/mol. The standard InChI is InChI=1S/C16H24N2O2S/c1-13(2)12-18(14(3)4)21(19,20)16-9-7-15(8-10-16)6-5-11-17/h7-10,13-14H,11-12,17H2,1-4H3. The summed E-state index contributed by atoms with van der Waals surface area (Å²) in [6.07, 6.45) is 0. The van der Waals surface area contributed by atoms with Crippen LogP contribution in [0.15, 0.2) is 29.2 Å². The Balaban J connectivity index is 3.10. The third-order valence-corrected chi connectivity index (χ3v) is 4.97. The van der Waals surface area contributed by atoms with Crippen LogP contribution in [0, 0.1) is 17.8 Å². The molecule has 4 nitrogen and oxygen atoms in total. The lowest BCUT2D eigenvalue weighted by Crippen LogP contribution is -2.39. The normalized spacial score (nSPS) is 11.8. The summed E-state index contributed by atoms with van der Waals surface area (Å²) in [5.41, 5.74) is 6.08. The first-order valence-electron chi connectivity index (χ1n) is 7.10. The van der Waals surface area contributed by atoms with Gasteiger partial charge in [-0.25, -0.2) is 8.42 Å². The van der Waals surface area contributed by atoms with Crippen LogP contribution in [-0.2, 0) is 10.0 Å². The molecule has 1 aromatic rings. The molecule has 0 aromatic heterocycles. The Morgan fingerprint density at radius 3 is 2.14 bits per heavy atom. The van der Waals surface area contributed by atoms with E-state index in [0.29, 0.717) is 11.4 Å². The van der Waals surface area contributed by atoms with E-state index < -0.39 is 10.0 Å². The van der Waals surface area contributed by atoms with Gasteiger partial charge in [-0.15, -0.1) is 0 Å². The Labute approximate surface area is 128 Å². The van der Waals surface area contributed by atoms with Crippen LogP contribution in [0.1, 0.15) is 33.3 Å². The van der Waals surface area contributed by atoms with E-state index in [1.807, 2.05) is 27.7 Å². The molecule has 116 valence electrons. The summed E-state index contributed by atoms with van der Waals surface area (Å²) in [6, 6.07) is 6.55. The first-order chi connectivity index (χ1) is 9.78. The minimum Gasteiger partial charge on any atom is -0.320 e. The highest BCUT2D eigenvalue weighted by Gasteiger charge is 2.27. The van der Waals surface area contributed by atoms with E-state index in [-0.39, 0.29) is 18.5 Å². The number of hydrogen-bond donors (Lipinski definition) is 1. The van der Waals surface area contributed by atoms with Crippen molar-refractivity contribution in [1.29, 1.82) is 0 Å². The van der Waals surface area contributed by atoms with E-state index in [4.69, 9.17) is 5.73 Å². The second-order valence-corrected chi connectivity index (χ2v) is 7.48. The van der Waals surface area contributed by atoms with Crippen LogP contribution in [-0.4, -0.2) is 31.9 Å². The van der Waals surface area contributed by atoms with Gasteiger partial charge in [0.05, 0.1) is 11.4 Å². The van der Waals surface area contributed by atoms with Gasteiger partial charge in [-0.05, 0) is 44.0 Å². The molecule has 2 N–H and O–H groups in total. The largest absolute Gasteiger partial charge is 0.320 e. The maximum absolute atomic E-state index is 12.7. The van der Waals surface area contributed by atoms with Crippen molar-refractivity contribution in [2.24, 2.45) is 11.7 Å². The van der Waals surface area contributed by atoms with E-state index in [0.717, 1.165) is 5.56 Å². The highest BCUT2D eigenvalue weighted by molar-refractivity contribution is 7.89. The molecule has 0 aliphatic carbocycles. The number of benzene rings is 1. The number of sulfonamides is 1. The van der Waals surface area contributed by atoms with Gasteiger partial charge in [-0.2, -0.15) is 4.31 Å². The Morgan fingerprint density at radius 1 is 1.14 bits per heavy atom. The quantitative estimate of drug-likeness (QED) is 0.847. The van der Waals surface area contributed by atoms with E-state index in [2.05, 4.69) is 11.8 Å². The summed E-state index contributed by atoms with van der Waals surface area (Å²) in [5, 5.41) is 0. The highest BCUT2D eigenvalue weighted by Crippen LogP contribution is 2.20. The summed E-state index contributed by atoms with van der Waals surface area (Å²) in [7, 11) is -3.47. The van der Waals surface area contributed by atoms with Gasteiger partial charge in [-0.3, -0.25) is 0 Å². The molecule has 1 rings (SSSR count). The fraction of sp³-hybridized carbons (Fsp3) is 0.500. The SMILES string of the molecule is CC(C)CN(C(C)C)S(=O)(=O)c1ccc(C#CCN)cc1. The lowest BCUT2D eigenvalue weighted by molar-refractivity contribution is 0.319.